The molecular formula is C19H17BrN2O4. The zero-order valence-electron chi connectivity index (χ0n) is 14.1. The van der Waals surface area contributed by atoms with E-state index in [0.29, 0.717) is 12.2 Å². The standard InChI is InChI=1S/C19H17BrN2O4/c1-26-19(25)15-4-2-3-5-16(15)21-18(24)12-10-17(23)22(11-12)14-8-6-13(20)7-9-14/h2-9,12H,10-11H2,1H3,(H,21,24)/t12-/m0/s1. The van der Waals surface area contributed by atoms with E-state index in [2.05, 4.69) is 21.2 Å². The van der Waals surface area contributed by atoms with E-state index in [1.165, 1.54) is 7.11 Å². The maximum absolute atomic E-state index is 12.6. The van der Waals surface area contributed by atoms with Crippen molar-refractivity contribution >= 4 is 45.1 Å². The number of hydrogen-bond donors (Lipinski definition) is 1. The highest BCUT2D eigenvalue weighted by Gasteiger charge is 2.35. The molecule has 7 heteroatoms. The second kappa shape index (κ2) is 7.70. The normalized spacial score (nSPS) is 16.5. The van der Waals surface area contributed by atoms with E-state index in [-0.39, 0.29) is 23.8 Å². The number of amides is 2. The van der Waals surface area contributed by atoms with Crippen LogP contribution in [-0.4, -0.2) is 31.4 Å². The summed E-state index contributed by atoms with van der Waals surface area (Å²) in [5.74, 6) is -1.42. The highest BCUT2D eigenvalue weighted by atomic mass is 79.9. The third-order valence-corrected chi connectivity index (χ3v) is 4.75. The molecule has 134 valence electrons. The molecule has 2 amide bonds. The van der Waals surface area contributed by atoms with E-state index in [1.54, 1.807) is 29.2 Å². The summed E-state index contributed by atoms with van der Waals surface area (Å²) in [5.41, 5.74) is 1.40. The van der Waals surface area contributed by atoms with Gasteiger partial charge in [-0.25, -0.2) is 4.79 Å². The van der Waals surface area contributed by atoms with E-state index in [9.17, 15) is 14.4 Å². The summed E-state index contributed by atoms with van der Waals surface area (Å²) < 4.78 is 5.65. The van der Waals surface area contributed by atoms with Crippen molar-refractivity contribution in [2.75, 3.05) is 23.9 Å². The van der Waals surface area contributed by atoms with Gasteiger partial charge in [-0.15, -0.1) is 0 Å². The van der Waals surface area contributed by atoms with Gasteiger partial charge in [-0.2, -0.15) is 0 Å². The number of nitrogens with one attached hydrogen (secondary N) is 1. The predicted octanol–water partition coefficient (Wildman–Crippen LogP) is 3.23. The van der Waals surface area contributed by atoms with Crippen molar-refractivity contribution in [3.8, 4) is 0 Å². The maximum Gasteiger partial charge on any atom is 0.339 e. The van der Waals surface area contributed by atoms with Gasteiger partial charge < -0.3 is 15.0 Å². The Hall–Kier alpha value is -2.67. The lowest BCUT2D eigenvalue weighted by molar-refractivity contribution is -0.122. The molecule has 26 heavy (non-hydrogen) atoms. The van der Waals surface area contributed by atoms with Crippen LogP contribution in [0.15, 0.2) is 53.0 Å². The fourth-order valence-corrected chi connectivity index (χ4v) is 3.13. The Balaban J connectivity index is 1.73. The number of anilines is 2. The monoisotopic (exact) mass is 416 g/mol. The second-order valence-corrected chi connectivity index (χ2v) is 6.82. The first kappa shape index (κ1) is 18.1. The van der Waals surface area contributed by atoms with Crippen LogP contribution in [0.5, 0.6) is 0 Å². The van der Waals surface area contributed by atoms with Crippen LogP contribution in [0.25, 0.3) is 0 Å². The zero-order chi connectivity index (χ0) is 18.7. The van der Waals surface area contributed by atoms with E-state index in [1.807, 2.05) is 24.3 Å². The van der Waals surface area contributed by atoms with Crippen LogP contribution >= 0.6 is 15.9 Å². The van der Waals surface area contributed by atoms with Gasteiger partial charge in [0.1, 0.15) is 0 Å². The summed E-state index contributed by atoms with van der Waals surface area (Å²) in [6, 6.07) is 14.0. The van der Waals surface area contributed by atoms with E-state index >= 15 is 0 Å². The van der Waals surface area contributed by atoms with Gasteiger partial charge in [-0.1, -0.05) is 28.1 Å². The fraction of sp³-hybridized carbons (Fsp3) is 0.211. The van der Waals surface area contributed by atoms with E-state index < -0.39 is 11.9 Å². The molecule has 1 fully saturated rings. The number of hydrogen-bond acceptors (Lipinski definition) is 4. The van der Waals surface area contributed by atoms with Crippen LogP contribution in [0.2, 0.25) is 0 Å². The molecule has 1 atom stereocenters. The molecule has 1 aliphatic heterocycles. The third kappa shape index (κ3) is 3.77. The van der Waals surface area contributed by atoms with Gasteiger partial charge in [0.15, 0.2) is 0 Å². The molecule has 0 aliphatic carbocycles. The predicted molar refractivity (Wildman–Crippen MR) is 101 cm³/mol. The quantitative estimate of drug-likeness (QED) is 0.776. The van der Waals surface area contributed by atoms with Crippen molar-refractivity contribution in [1.82, 2.24) is 0 Å². The number of para-hydroxylation sites is 1. The number of carbonyl (C=O) groups is 3. The Bertz CT molecular complexity index is 851. The first-order valence-electron chi connectivity index (χ1n) is 8.03. The minimum absolute atomic E-state index is 0.103. The van der Waals surface area contributed by atoms with Crippen molar-refractivity contribution in [2.45, 2.75) is 6.42 Å². The summed E-state index contributed by atoms with van der Waals surface area (Å²) in [6.45, 7) is 0.298. The average molecular weight is 417 g/mol. The Morgan fingerprint density at radius 1 is 1.15 bits per heavy atom. The van der Waals surface area contributed by atoms with Gasteiger partial charge in [-0.05, 0) is 36.4 Å². The summed E-state index contributed by atoms with van der Waals surface area (Å²) in [6.07, 6.45) is 0.127. The van der Waals surface area contributed by atoms with Crippen molar-refractivity contribution in [1.29, 1.82) is 0 Å². The number of nitrogens with zero attached hydrogens (tertiary/aromatic N) is 1. The van der Waals surface area contributed by atoms with Crippen LogP contribution in [0, 0.1) is 5.92 Å². The minimum atomic E-state index is -0.528. The number of carbonyl (C=O) groups excluding carboxylic acids is 3. The molecule has 2 aromatic carbocycles. The molecule has 0 radical (unpaired) electrons. The molecule has 0 bridgehead atoms. The number of halogens is 1. The van der Waals surface area contributed by atoms with Crippen LogP contribution in [0.1, 0.15) is 16.8 Å². The summed E-state index contributed by atoms with van der Waals surface area (Å²) in [4.78, 5) is 38.3. The smallest absolute Gasteiger partial charge is 0.339 e. The third-order valence-electron chi connectivity index (χ3n) is 4.22. The summed E-state index contributed by atoms with van der Waals surface area (Å²) in [7, 11) is 1.28. The molecule has 1 heterocycles. The largest absolute Gasteiger partial charge is 0.465 e. The maximum atomic E-state index is 12.6. The average Bonchev–Trinajstić information content (AvgIpc) is 3.04. The van der Waals surface area contributed by atoms with Gasteiger partial charge in [0.25, 0.3) is 0 Å². The topological polar surface area (TPSA) is 75.7 Å². The van der Waals surface area contributed by atoms with Crippen LogP contribution < -0.4 is 10.2 Å². The number of rotatable bonds is 4. The molecule has 1 N–H and O–H groups in total. The summed E-state index contributed by atoms with van der Waals surface area (Å²) >= 11 is 3.36. The van der Waals surface area contributed by atoms with Gasteiger partial charge >= 0.3 is 5.97 Å². The lowest BCUT2D eigenvalue weighted by atomic mass is 10.1. The number of esters is 1. The van der Waals surface area contributed by atoms with Crippen LogP contribution in [0.4, 0.5) is 11.4 Å². The molecular weight excluding hydrogens is 400 g/mol. The fourth-order valence-electron chi connectivity index (χ4n) is 2.87. The van der Waals surface area contributed by atoms with Gasteiger partial charge in [-0.3, -0.25) is 9.59 Å². The van der Waals surface area contributed by atoms with Crippen molar-refractivity contribution in [2.24, 2.45) is 5.92 Å². The Morgan fingerprint density at radius 3 is 2.54 bits per heavy atom. The molecule has 2 aromatic rings. The number of ether oxygens (including phenoxy) is 1. The molecule has 0 unspecified atom stereocenters. The number of methoxy groups -OCH3 is 1. The SMILES string of the molecule is COC(=O)c1ccccc1NC(=O)[C@H]1CC(=O)N(c2ccc(Br)cc2)C1. The lowest BCUT2D eigenvalue weighted by Gasteiger charge is -2.17. The minimum Gasteiger partial charge on any atom is -0.465 e. The Morgan fingerprint density at radius 2 is 1.85 bits per heavy atom. The molecule has 6 nitrogen and oxygen atoms in total. The van der Waals surface area contributed by atoms with Crippen molar-refractivity contribution in [3.63, 3.8) is 0 Å². The first-order valence-corrected chi connectivity index (χ1v) is 8.83. The molecule has 3 rings (SSSR count). The van der Waals surface area contributed by atoms with Gasteiger partial charge in [0.2, 0.25) is 11.8 Å². The number of benzene rings is 2. The molecule has 0 aromatic heterocycles. The summed E-state index contributed by atoms with van der Waals surface area (Å²) in [5, 5.41) is 2.74. The Labute approximate surface area is 159 Å². The molecule has 0 saturated carbocycles. The lowest BCUT2D eigenvalue weighted by Crippen LogP contribution is -2.28. The van der Waals surface area contributed by atoms with Gasteiger partial charge in [0.05, 0.1) is 24.3 Å². The van der Waals surface area contributed by atoms with E-state index in [0.717, 1.165) is 10.2 Å². The highest BCUT2D eigenvalue weighted by molar-refractivity contribution is 9.10. The van der Waals surface area contributed by atoms with Gasteiger partial charge in [0, 0.05) is 23.1 Å². The second-order valence-electron chi connectivity index (χ2n) is 5.91. The first-order chi connectivity index (χ1) is 12.5. The van der Waals surface area contributed by atoms with Crippen LogP contribution in [-0.2, 0) is 14.3 Å². The molecule has 1 aliphatic rings. The van der Waals surface area contributed by atoms with Crippen molar-refractivity contribution in [3.05, 3.63) is 58.6 Å². The van der Waals surface area contributed by atoms with Crippen molar-refractivity contribution < 1.29 is 19.1 Å². The Kier molecular flexibility index (Phi) is 5.37. The molecule has 0 spiro atoms. The van der Waals surface area contributed by atoms with Crippen LogP contribution in [0.3, 0.4) is 0 Å². The van der Waals surface area contributed by atoms with E-state index in [4.69, 9.17) is 4.74 Å². The zero-order valence-corrected chi connectivity index (χ0v) is 15.7. The highest BCUT2D eigenvalue weighted by Crippen LogP contribution is 2.27. The molecule has 1 saturated heterocycles.